The summed E-state index contributed by atoms with van der Waals surface area (Å²) >= 11 is 0. The molecule has 0 saturated carbocycles. The van der Waals surface area contributed by atoms with Gasteiger partial charge in [0.1, 0.15) is 12.7 Å². The van der Waals surface area contributed by atoms with Gasteiger partial charge >= 0.3 is 19.8 Å². The van der Waals surface area contributed by atoms with Gasteiger partial charge in [0.05, 0.1) is 19.8 Å². The van der Waals surface area contributed by atoms with Gasteiger partial charge in [0, 0.05) is 12.8 Å². The van der Waals surface area contributed by atoms with Crippen molar-refractivity contribution in [1.29, 1.82) is 0 Å². The normalized spacial score (nSPS) is 13.6. The smallest absolute Gasteiger partial charge is 0.462 e. The van der Waals surface area contributed by atoms with E-state index in [0.29, 0.717) is 12.8 Å². The lowest BCUT2D eigenvalue weighted by Crippen LogP contribution is -2.29. The summed E-state index contributed by atoms with van der Waals surface area (Å²) in [6.45, 7) is 2.42. The number of unbranched alkanes of at least 4 members (excludes halogenated alkanes) is 38. The zero-order chi connectivity index (χ0) is 50.4. The fourth-order valence-corrected chi connectivity index (χ4v) is 9.40. The maximum absolute atomic E-state index is 12.7. The highest BCUT2D eigenvalue weighted by Gasteiger charge is 2.27. The zero-order valence-corrected chi connectivity index (χ0v) is 45.9. The van der Waals surface area contributed by atoms with Crippen molar-refractivity contribution in [2.45, 2.75) is 309 Å². The van der Waals surface area contributed by atoms with E-state index in [1.165, 1.54) is 212 Å². The van der Waals surface area contributed by atoms with Crippen LogP contribution in [0.2, 0.25) is 0 Å². The van der Waals surface area contributed by atoms with Crippen molar-refractivity contribution in [3.8, 4) is 0 Å². The Bertz CT molecular complexity index is 1200. The van der Waals surface area contributed by atoms with Gasteiger partial charge in [-0.25, -0.2) is 4.57 Å². The monoisotopic (exact) mass is 999 g/mol. The lowest BCUT2D eigenvalue weighted by atomic mass is 10.0. The Kier molecular flexibility index (Phi) is 53.0. The van der Waals surface area contributed by atoms with Crippen molar-refractivity contribution < 1.29 is 47.8 Å². The standard InChI is InChI=1S/C58H111O10P/c1-3-5-7-9-11-13-15-17-19-21-23-25-27-29-31-33-35-37-39-41-43-45-47-49-57(61)65-53-56(54-67-69(63,64)66-52-55(60)51-59)68-58(62)50-48-46-44-42-40-38-36-34-32-30-28-26-24-22-20-18-16-14-12-10-8-6-4-2/h33,35,41,43,55-56,59-60H,3-32,34,36-40,42,44-54H2,1-2H3,(H,63,64)/b35-33+,43-41+/t55-,56+/m0/s1. The van der Waals surface area contributed by atoms with Gasteiger partial charge in [-0.1, -0.05) is 263 Å². The van der Waals surface area contributed by atoms with Crippen LogP contribution in [0.25, 0.3) is 0 Å². The summed E-state index contributed by atoms with van der Waals surface area (Å²) in [4.78, 5) is 35.3. The molecule has 0 heterocycles. The van der Waals surface area contributed by atoms with Crippen LogP contribution in [0.5, 0.6) is 0 Å². The Morgan fingerprint density at radius 2 is 0.739 bits per heavy atom. The van der Waals surface area contributed by atoms with E-state index >= 15 is 0 Å². The van der Waals surface area contributed by atoms with Crippen LogP contribution in [0.4, 0.5) is 0 Å². The highest BCUT2D eigenvalue weighted by Crippen LogP contribution is 2.43. The van der Waals surface area contributed by atoms with Crippen molar-refractivity contribution in [1.82, 2.24) is 0 Å². The second kappa shape index (κ2) is 54.2. The predicted molar refractivity (Wildman–Crippen MR) is 288 cm³/mol. The number of carbonyl (C=O) groups excluding carboxylic acids is 2. The van der Waals surface area contributed by atoms with Crippen LogP contribution in [0, 0.1) is 0 Å². The molecule has 0 aliphatic carbocycles. The molecule has 0 fully saturated rings. The third kappa shape index (κ3) is 54.1. The van der Waals surface area contributed by atoms with Crippen LogP contribution in [0.1, 0.15) is 296 Å². The summed E-state index contributed by atoms with van der Waals surface area (Å²) in [5, 5.41) is 18.4. The molecule has 0 aliphatic rings. The number of esters is 2. The second-order valence-corrected chi connectivity index (χ2v) is 21.5. The summed E-state index contributed by atoms with van der Waals surface area (Å²) in [6.07, 6.45) is 60.3. The second-order valence-electron chi connectivity index (χ2n) is 20.0. The van der Waals surface area contributed by atoms with Crippen molar-refractivity contribution in [3.63, 3.8) is 0 Å². The number of ether oxygens (including phenoxy) is 2. The fraction of sp³-hybridized carbons (Fsp3) is 0.897. The molecule has 69 heavy (non-hydrogen) atoms. The number of phosphoric acid groups is 1. The van der Waals surface area contributed by atoms with Crippen molar-refractivity contribution in [2.75, 3.05) is 26.4 Å². The summed E-state index contributed by atoms with van der Waals surface area (Å²) in [6, 6.07) is 0. The Hall–Kier alpha value is -1.55. The number of phosphoric ester groups is 1. The van der Waals surface area contributed by atoms with Gasteiger partial charge in [0.25, 0.3) is 0 Å². The van der Waals surface area contributed by atoms with Gasteiger partial charge in [0.15, 0.2) is 6.10 Å². The number of hydrogen-bond acceptors (Lipinski definition) is 9. The number of carbonyl (C=O) groups is 2. The van der Waals surface area contributed by atoms with E-state index in [-0.39, 0.29) is 19.4 Å². The van der Waals surface area contributed by atoms with E-state index in [2.05, 4.69) is 38.2 Å². The summed E-state index contributed by atoms with van der Waals surface area (Å²) in [7, 11) is -4.63. The summed E-state index contributed by atoms with van der Waals surface area (Å²) in [5.41, 5.74) is 0. The van der Waals surface area contributed by atoms with Crippen LogP contribution >= 0.6 is 7.82 Å². The van der Waals surface area contributed by atoms with E-state index in [9.17, 15) is 24.2 Å². The first-order chi connectivity index (χ1) is 33.7. The SMILES string of the molecule is CCCCCCCCCCCCCCCC/C=C/CC/C=C/CCCC(=O)OC[C@H](COP(=O)(O)OC[C@@H](O)CO)OC(=O)CCCCCCCCCCCCCCCCCCCCCCCCC. The maximum Gasteiger partial charge on any atom is 0.472 e. The van der Waals surface area contributed by atoms with Gasteiger partial charge in [-0.2, -0.15) is 0 Å². The maximum atomic E-state index is 12.7. The largest absolute Gasteiger partial charge is 0.472 e. The van der Waals surface area contributed by atoms with Crippen molar-refractivity contribution >= 4 is 19.8 Å². The topological polar surface area (TPSA) is 149 Å². The number of hydrogen-bond donors (Lipinski definition) is 3. The van der Waals surface area contributed by atoms with Crippen LogP contribution in [-0.4, -0.2) is 65.7 Å². The molecule has 11 heteroatoms. The average Bonchev–Trinajstić information content (AvgIpc) is 3.34. The molecule has 0 saturated heterocycles. The minimum atomic E-state index is -4.63. The van der Waals surface area contributed by atoms with E-state index in [0.717, 1.165) is 44.9 Å². The van der Waals surface area contributed by atoms with E-state index in [4.69, 9.17) is 23.6 Å². The third-order valence-corrected chi connectivity index (χ3v) is 14.0. The molecular weight excluding hydrogens is 888 g/mol. The Morgan fingerprint density at radius 1 is 0.420 bits per heavy atom. The number of aliphatic hydroxyl groups is 2. The van der Waals surface area contributed by atoms with Crippen LogP contribution in [0.3, 0.4) is 0 Å². The quantitative estimate of drug-likeness (QED) is 0.0233. The highest BCUT2D eigenvalue weighted by molar-refractivity contribution is 7.47. The first kappa shape index (κ1) is 67.5. The lowest BCUT2D eigenvalue weighted by molar-refractivity contribution is -0.161. The van der Waals surface area contributed by atoms with E-state index in [1.807, 2.05) is 0 Å². The van der Waals surface area contributed by atoms with Gasteiger partial charge < -0.3 is 24.6 Å². The molecule has 408 valence electrons. The third-order valence-electron chi connectivity index (χ3n) is 13.1. The highest BCUT2D eigenvalue weighted by atomic mass is 31.2. The molecule has 3 N–H and O–H groups in total. The number of allylic oxidation sites excluding steroid dienone is 4. The molecule has 0 aromatic heterocycles. The molecule has 0 spiro atoms. The Morgan fingerprint density at radius 3 is 1.13 bits per heavy atom. The predicted octanol–water partition coefficient (Wildman–Crippen LogP) is 17.2. The first-order valence-electron chi connectivity index (χ1n) is 29.3. The molecular formula is C58H111O10P. The Labute approximate surface area is 425 Å². The molecule has 3 atom stereocenters. The molecule has 0 aliphatic heterocycles. The summed E-state index contributed by atoms with van der Waals surface area (Å²) in [5.74, 6) is -0.956. The lowest BCUT2D eigenvalue weighted by Gasteiger charge is -2.20. The Balaban J connectivity index is 4.11. The molecule has 0 aromatic carbocycles. The molecule has 0 amide bonds. The average molecular weight is 999 g/mol. The number of rotatable bonds is 56. The molecule has 1 unspecified atom stereocenters. The van der Waals surface area contributed by atoms with E-state index in [1.54, 1.807) is 0 Å². The zero-order valence-electron chi connectivity index (χ0n) is 45.1. The molecule has 10 nitrogen and oxygen atoms in total. The minimum absolute atomic E-state index is 0.182. The van der Waals surface area contributed by atoms with Crippen molar-refractivity contribution in [3.05, 3.63) is 24.3 Å². The van der Waals surface area contributed by atoms with Crippen molar-refractivity contribution in [2.24, 2.45) is 0 Å². The van der Waals surface area contributed by atoms with Gasteiger partial charge in [0.2, 0.25) is 0 Å². The molecule has 0 bridgehead atoms. The van der Waals surface area contributed by atoms with Crippen LogP contribution in [-0.2, 0) is 32.7 Å². The fourth-order valence-electron chi connectivity index (χ4n) is 8.61. The van der Waals surface area contributed by atoms with Gasteiger partial charge in [-0.3, -0.25) is 18.6 Å². The number of aliphatic hydroxyl groups excluding tert-OH is 2. The van der Waals surface area contributed by atoms with Gasteiger partial charge in [-0.05, 0) is 44.9 Å². The summed E-state index contributed by atoms with van der Waals surface area (Å²) < 4.78 is 32.9. The molecule has 0 radical (unpaired) electrons. The van der Waals surface area contributed by atoms with Crippen LogP contribution < -0.4 is 0 Å². The first-order valence-corrected chi connectivity index (χ1v) is 30.8. The van der Waals surface area contributed by atoms with Gasteiger partial charge in [-0.15, -0.1) is 0 Å². The molecule has 0 aromatic rings. The van der Waals surface area contributed by atoms with Crippen LogP contribution in [0.15, 0.2) is 24.3 Å². The minimum Gasteiger partial charge on any atom is -0.462 e. The van der Waals surface area contributed by atoms with E-state index < -0.39 is 51.8 Å². The molecule has 0 rings (SSSR count).